The summed E-state index contributed by atoms with van der Waals surface area (Å²) in [6.45, 7) is 3.71. The monoisotopic (exact) mass is 392 g/mol. The fraction of sp³-hybridized carbons (Fsp3) is 1.00. The molecule has 0 aromatic heterocycles. The molecule has 0 atom stereocenters. The van der Waals surface area contributed by atoms with Crippen LogP contribution in [0.2, 0.25) is 0 Å². The molecule has 1 aliphatic rings. The average Bonchev–Trinajstić information content (AvgIpc) is 2.11. The van der Waals surface area contributed by atoms with Crippen LogP contribution in [0.3, 0.4) is 0 Å². The summed E-state index contributed by atoms with van der Waals surface area (Å²) in [7, 11) is 4.61. The molecule has 5 heteroatoms. The summed E-state index contributed by atoms with van der Waals surface area (Å²) in [6.07, 6.45) is 4.19. The van der Waals surface area contributed by atoms with E-state index in [0.717, 1.165) is 12.3 Å². The molecule has 1 aliphatic heterocycles. The second-order valence-corrected chi connectivity index (χ2v) is 3.01. The van der Waals surface area contributed by atoms with Crippen LogP contribution >= 0.6 is 9.42 Å². The Kier molecular flexibility index (Phi) is 16.0. The van der Waals surface area contributed by atoms with Gasteiger partial charge in [-0.15, -0.1) is 0 Å². The standard InChI is InChI=1S/C7H15NS.ClH.H2O.Pt/c9-7-6-8-4-2-1-3-5-8;;;/h9H,1-7H2;1H;1H2;/q;;;+1/p-2. The predicted octanol–water partition coefficient (Wildman–Crippen LogP) is 0.881. The van der Waals surface area contributed by atoms with E-state index in [1.54, 1.807) is 18.8 Å². The van der Waals surface area contributed by atoms with E-state index in [4.69, 9.17) is 12.6 Å². The molecule has 0 amide bonds. The fourth-order valence-corrected chi connectivity index (χ4v) is 1.57. The average molecular weight is 393 g/mol. The van der Waals surface area contributed by atoms with E-state index < -0.39 is 0 Å². The number of hydrogen-bond acceptors (Lipinski definition) is 2. The van der Waals surface area contributed by atoms with Gasteiger partial charge in [-0.25, -0.2) is 0 Å². The van der Waals surface area contributed by atoms with E-state index >= 15 is 0 Å². The number of nitrogens with zero attached hydrogens (tertiary/aromatic N) is 1. The van der Waals surface area contributed by atoms with Gasteiger partial charge in [0.15, 0.2) is 0 Å². The van der Waals surface area contributed by atoms with Crippen LogP contribution < -0.4 is 0 Å². The molecule has 0 aromatic rings. The van der Waals surface area contributed by atoms with Crippen molar-refractivity contribution in [2.45, 2.75) is 19.3 Å². The van der Waals surface area contributed by atoms with Crippen molar-refractivity contribution in [1.29, 1.82) is 0 Å². The van der Waals surface area contributed by atoms with E-state index in [-0.39, 0.29) is 5.48 Å². The van der Waals surface area contributed by atoms with Crippen LogP contribution in [0.25, 0.3) is 0 Å². The van der Waals surface area contributed by atoms with Crippen molar-refractivity contribution in [3.8, 4) is 0 Å². The van der Waals surface area contributed by atoms with E-state index in [1.165, 1.54) is 32.4 Å². The molecule has 0 aromatic carbocycles. The zero-order valence-electron chi connectivity index (χ0n) is 7.00. The first-order valence-electron chi connectivity index (χ1n) is 3.86. The SMILES string of the molecule is O.[Cl][Pt].[S-]CCN1CCCCC1. The summed E-state index contributed by atoms with van der Waals surface area (Å²) in [4.78, 5) is 2.47. The first-order chi connectivity index (χ1) is 5.43. The minimum absolute atomic E-state index is 0. The van der Waals surface area contributed by atoms with Crippen molar-refractivity contribution >= 4 is 22.0 Å². The number of rotatable bonds is 2. The summed E-state index contributed by atoms with van der Waals surface area (Å²) < 4.78 is 0. The van der Waals surface area contributed by atoms with Crippen LogP contribution in [0.4, 0.5) is 0 Å². The number of hydrogen-bond donors (Lipinski definition) is 0. The number of halogens is 1. The van der Waals surface area contributed by atoms with Gasteiger partial charge in [-0.3, -0.25) is 0 Å². The van der Waals surface area contributed by atoms with Gasteiger partial charge in [-0.1, -0.05) is 6.42 Å². The summed E-state index contributed by atoms with van der Waals surface area (Å²) >= 11 is 6.50. The Morgan fingerprint density at radius 1 is 1.17 bits per heavy atom. The van der Waals surface area contributed by atoms with Crippen LogP contribution in [0.1, 0.15) is 19.3 Å². The molecule has 1 fully saturated rings. The normalized spacial score (nSPS) is 17.3. The third kappa shape index (κ3) is 7.87. The van der Waals surface area contributed by atoms with Crippen LogP contribution in [0, 0.1) is 0 Å². The van der Waals surface area contributed by atoms with E-state index in [9.17, 15) is 0 Å². The molecule has 1 saturated heterocycles. The molecule has 0 spiro atoms. The summed E-state index contributed by atoms with van der Waals surface area (Å²) in [5.74, 6) is 0.903. The Bertz CT molecular complexity index is 81.1. The Hall–Kier alpha value is 1.25. The van der Waals surface area contributed by atoms with Gasteiger partial charge in [-0.05, 0) is 32.5 Å². The molecule has 1 heterocycles. The largest absolute Gasteiger partial charge is 0.791 e. The minimum Gasteiger partial charge on any atom is -0.791 e. The third-order valence-electron chi connectivity index (χ3n) is 1.86. The van der Waals surface area contributed by atoms with Crippen LogP contribution in [0.15, 0.2) is 0 Å². The van der Waals surface area contributed by atoms with Gasteiger partial charge in [0.1, 0.15) is 0 Å². The van der Waals surface area contributed by atoms with E-state index in [2.05, 4.69) is 14.3 Å². The van der Waals surface area contributed by atoms with Crippen molar-refractivity contribution in [2.75, 3.05) is 25.4 Å². The number of likely N-dealkylation sites (tertiary alicyclic amines) is 1. The molecule has 0 saturated carbocycles. The topological polar surface area (TPSA) is 34.7 Å². The van der Waals surface area contributed by atoms with Crippen molar-refractivity contribution in [3.05, 3.63) is 0 Å². The first kappa shape index (κ1) is 15.7. The summed E-state index contributed by atoms with van der Waals surface area (Å²) in [6, 6.07) is 0. The predicted molar refractivity (Wildman–Crippen MR) is 52.0 cm³/mol. The molecule has 0 aliphatic carbocycles. The molecule has 79 valence electrons. The zero-order valence-corrected chi connectivity index (χ0v) is 10.8. The molecule has 0 radical (unpaired) electrons. The molecule has 2 N–H and O–H groups in total. The van der Waals surface area contributed by atoms with Gasteiger partial charge in [0.05, 0.1) is 0 Å². The second kappa shape index (κ2) is 12.2. The zero-order chi connectivity index (χ0) is 8.53. The van der Waals surface area contributed by atoms with Gasteiger partial charge < -0.3 is 23.0 Å². The maximum atomic E-state index is 4.89. The molecule has 12 heavy (non-hydrogen) atoms. The van der Waals surface area contributed by atoms with Crippen LogP contribution in [-0.4, -0.2) is 35.8 Å². The van der Waals surface area contributed by atoms with Gasteiger partial charge in [0.25, 0.3) is 0 Å². The Morgan fingerprint density at radius 3 is 2.08 bits per heavy atom. The van der Waals surface area contributed by atoms with Crippen LogP contribution in [-0.2, 0) is 31.4 Å². The van der Waals surface area contributed by atoms with Crippen LogP contribution in [0.5, 0.6) is 0 Å². The molecule has 2 nitrogen and oxygen atoms in total. The quantitative estimate of drug-likeness (QED) is 0.654. The Labute approximate surface area is 95.6 Å². The maximum Gasteiger partial charge on any atom is -0.00195 e. The van der Waals surface area contributed by atoms with Gasteiger partial charge >= 0.3 is 28.2 Å². The minimum atomic E-state index is 0. The first-order valence-corrected chi connectivity index (χ1v) is 7.25. The fourth-order valence-electron chi connectivity index (χ4n) is 1.31. The Balaban J connectivity index is 0. The molecular formula is C7H16ClNOPtS-. The Morgan fingerprint density at radius 2 is 1.67 bits per heavy atom. The van der Waals surface area contributed by atoms with E-state index in [1.807, 2.05) is 0 Å². The summed E-state index contributed by atoms with van der Waals surface area (Å²) in [5, 5.41) is 0. The van der Waals surface area contributed by atoms with Gasteiger partial charge in [-0.2, -0.15) is 5.75 Å². The van der Waals surface area contributed by atoms with Crippen molar-refractivity contribution in [2.24, 2.45) is 0 Å². The molecule has 0 bridgehead atoms. The maximum absolute atomic E-state index is 4.89. The smallest absolute Gasteiger partial charge is 0.00195 e. The van der Waals surface area contributed by atoms with Crippen molar-refractivity contribution in [1.82, 2.24) is 4.90 Å². The van der Waals surface area contributed by atoms with E-state index in [0.29, 0.717) is 0 Å². The second-order valence-electron chi connectivity index (χ2n) is 2.61. The van der Waals surface area contributed by atoms with Gasteiger partial charge in [0, 0.05) is 0 Å². The molecular weight excluding hydrogens is 377 g/mol. The molecule has 1 rings (SSSR count). The van der Waals surface area contributed by atoms with Crippen molar-refractivity contribution < 1.29 is 24.2 Å². The summed E-state index contributed by atoms with van der Waals surface area (Å²) in [5.41, 5.74) is 0. The third-order valence-corrected chi connectivity index (χ3v) is 2.04. The van der Waals surface area contributed by atoms with Gasteiger partial charge in [0.2, 0.25) is 0 Å². The molecule has 0 unspecified atom stereocenters. The van der Waals surface area contributed by atoms with Crippen molar-refractivity contribution in [3.63, 3.8) is 0 Å². The number of piperidine rings is 1.